The van der Waals surface area contributed by atoms with Crippen LogP contribution in [0.2, 0.25) is 0 Å². The molecule has 7 nitrogen and oxygen atoms in total. The third-order valence-electron chi connectivity index (χ3n) is 2.33. The molecule has 0 fully saturated rings. The number of sulfonamides is 1. The number of rotatable bonds is 5. The Morgan fingerprint density at radius 3 is 2.55 bits per heavy atom. The van der Waals surface area contributed by atoms with E-state index in [0.717, 1.165) is 12.1 Å². The smallest absolute Gasteiger partial charge is 0.407 e. The first-order valence-electron chi connectivity index (χ1n) is 6.53. The molecule has 0 bridgehead atoms. The van der Waals surface area contributed by atoms with Crippen molar-refractivity contribution in [3.8, 4) is 0 Å². The van der Waals surface area contributed by atoms with E-state index in [-0.39, 0.29) is 18.8 Å². The highest BCUT2D eigenvalue weighted by Gasteiger charge is 2.19. The van der Waals surface area contributed by atoms with Crippen LogP contribution in [0.4, 0.5) is 14.9 Å². The highest BCUT2D eigenvalue weighted by molar-refractivity contribution is 7.89. The molecule has 0 unspecified atom stereocenters. The lowest BCUT2D eigenvalue weighted by molar-refractivity contribution is 0.0529. The van der Waals surface area contributed by atoms with E-state index >= 15 is 0 Å². The van der Waals surface area contributed by atoms with Crippen LogP contribution in [-0.4, -0.2) is 33.2 Å². The van der Waals surface area contributed by atoms with Gasteiger partial charge in [0, 0.05) is 18.8 Å². The second-order valence-electron chi connectivity index (χ2n) is 5.52. The van der Waals surface area contributed by atoms with E-state index in [1.165, 1.54) is 6.07 Å². The van der Waals surface area contributed by atoms with Gasteiger partial charge in [-0.25, -0.2) is 22.3 Å². The molecule has 0 radical (unpaired) electrons. The summed E-state index contributed by atoms with van der Waals surface area (Å²) in [7, 11) is -4.04. The molecule has 0 aliphatic carbocycles. The Hall–Kier alpha value is -1.87. The van der Waals surface area contributed by atoms with Gasteiger partial charge in [0.05, 0.1) is 0 Å². The summed E-state index contributed by atoms with van der Waals surface area (Å²) in [5, 5.41) is 2.38. The van der Waals surface area contributed by atoms with E-state index in [9.17, 15) is 17.6 Å². The predicted molar refractivity (Wildman–Crippen MR) is 80.2 cm³/mol. The number of hydrogen-bond donors (Lipinski definition) is 3. The van der Waals surface area contributed by atoms with Crippen LogP contribution in [-0.2, 0) is 14.8 Å². The summed E-state index contributed by atoms with van der Waals surface area (Å²) in [6, 6.07) is 3.26. The van der Waals surface area contributed by atoms with Gasteiger partial charge in [0.25, 0.3) is 0 Å². The molecule has 0 saturated carbocycles. The van der Waals surface area contributed by atoms with Crippen LogP contribution < -0.4 is 15.8 Å². The molecule has 0 atom stereocenters. The largest absolute Gasteiger partial charge is 0.444 e. The number of benzene rings is 1. The fourth-order valence-corrected chi connectivity index (χ4v) is 2.61. The Morgan fingerprint density at radius 1 is 1.32 bits per heavy atom. The van der Waals surface area contributed by atoms with Gasteiger partial charge in [-0.2, -0.15) is 0 Å². The van der Waals surface area contributed by atoms with Crippen molar-refractivity contribution < 1.29 is 22.3 Å². The van der Waals surface area contributed by atoms with Crippen molar-refractivity contribution in [1.82, 2.24) is 10.0 Å². The molecule has 1 amide bonds. The molecular formula is C13H20FN3O4S. The zero-order valence-corrected chi connectivity index (χ0v) is 13.5. The molecular weight excluding hydrogens is 313 g/mol. The summed E-state index contributed by atoms with van der Waals surface area (Å²) in [5.74, 6) is -0.901. The van der Waals surface area contributed by atoms with Gasteiger partial charge in [-0.1, -0.05) is 0 Å². The zero-order chi connectivity index (χ0) is 17.0. The summed E-state index contributed by atoms with van der Waals surface area (Å²) in [6.45, 7) is 5.00. The van der Waals surface area contributed by atoms with E-state index in [1.54, 1.807) is 20.8 Å². The maximum Gasteiger partial charge on any atom is 0.407 e. The number of halogens is 1. The lowest BCUT2D eigenvalue weighted by atomic mass is 10.2. The Balaban J connectivity index is 2.54. The fraction of sp³-hybridized carbons (Fsp3) is 0.462. The van der Waals surface area contributed by atoms with Crippen molar-refractivity contribution in [3.63, 3.8) is 0 Å². The highest BCUT2D eigenvalue weighted by Crippen LogP contribution is 2.17. The lowest BCUT2D eigenvalue weighted by Gasteiger charge is -2.19. The molecule has 1 rings (SSSR count). The van der Waals surface area contributed by atoms with E-state index < -0.39 is 32.4 Å². The summed E-state index contributed by atoms with van der Waals surface area (Å²) < 4.78 is 44.5. The predicted octanol–water partition coefficient (Wildman–Crippen LogP) is 1.21. The van der Waals surface area contributed by atoms with Crippen molar-refractivity contribution in [2.45, 2.75) is 31.3 Å². The molecule has 0 spiro atoms. The minimum atomic E-state index is -4.04. The van der Waals surface area contributed by atoms with Crippen molar-refractivity contribution in [3.05, 3.63) is 24.0 Å². The van der Waals surface area contributed by atoms with E-state index in [4.69, 9.17) is 10.5 Å². The Morgan fingerprint density at radius 2 is 1.95 bits per heavy atom. The minimum absolute atomic E-state index is 0.00191. The Kier molecular flexibility index (Phi) is 5.72. The number of hydrogen-bond acceptors (Lipinski definition) is 5. The molecule has 9 heteroatoms. The number of nitrogens with one attached hydrogen (secondary N) is 2. The van der Waals surface area contributed by atoms with Crippen LogP contribution in [0.3, 0.4) is 0 Å². The van der Waals surface area contributed by atoms with Gasteiger partial charge in [-0.15, -0.1) is 0 Å². The standard InChI is InChI=1S/C13H20FN3O4S/c1-13(2,3)21-12(18)16-6-7-17-22(19,20)11-8-9(15)4-5-10(11)14/h4-5,8,17H,6-7,15H2,1-3H3,(H,16,18). The van der Waals surface area contributed by atoms with Crippen LogP contribution in [0.5, 0.6) is 0 Å². The monoisotopic (exact) mass is 333 g/mol. The number of carbonyl (C=O) groups is 1. The van der Waals surface area contributed by atoms with Crippen LogP contribution in [0, 0.1) is 5.82 Å². The van der Waals surface area contributed by atoms with Gasteiger partial charge in [-0.05, 0) is 39.0 Å². The molecule has 0 aromatic heterocycles. The van der Waals surface area contributed by atoms with Gasteiger partial charge < -0.3 is 15.8 Å². The maximum atomic E-state index is 13.5. The number of amides is 1. The molecule has 0 aliphatic heterocycles. The van der Waals surface area contributed by atoms with E-state index in [0.29, 0.717) is 0 Å². The summed E-state index contributed by atoms with van der Waals surface area (Å²) in [4.78, 5) is 10.8. The number of anilines is 1. The third kappa shape index (κ3) is 5.86. The molecule has 4 N–H and O–H groups in total. The SMILES string of the molecule is CC(C)(C)OC(=O)NCCNS(=O)(=O)c1cc(N)ccc1F. The quantitative estimate of drug-likeness (QED) is 0.554. The highest BCUT2D eigenvalue weighted by atomic mass is 32.2. The van der Waals surface area contributed by atoms with Gasteiger partial charge in [0.2, 0.25) is 10.0 Å². The van der Waals surface area contributed by atoms with Crippen molar-refractivity contribution in [1.29, 1.82) is 0 Å². The van der Waals surface area contributed by atoms with Gasteiger partial charge in [0.15, 0.2) is 0 Å². The normalized spacial score (nSPS) is 12.0. The fourth-order valence-electron chi connectivity index (χ4n) is 1.47. The first-order chi connectivity index (χ1) is 10.0. The zero-order valence-electron chi connectivity index (χ0n) is 12.6. The number of carbonyl (C=O) groups excluding carboxylic acids is 1. The van der Waals surface area contributed by atoms with E-state index in [2.05, 4.69) is 10.0 Å². The summed E-state index contributed by atoms with van der Waals surface area (Å²) in [5.41, 5.74) is 4.93. The van der Waals surface area contributed by atoms with Crippen molar-refractivity contribution >= 4 is 21.8 Å². The first kappa shape index (κ1) is 18.2. The molecule has 22 heavy (non-hydrogen) atoms. The number of nitrogens with two attached hydrogens (primary N) is 1. The maximum absolute atomic E-state index is 13.5. The second kappa shape index (κ2) is 6.93. The molecule has 0 aliphatic rings. The number of ether oxygens (including phenoxy) is 1. The van der Waals surface area contributed by atoms with Gasteiger partial charge in [-0.3, -0.25) is 0 Å². The minimum Gasteiger partial charge on any atom is -0.444 e. The van der Waals surface area contributed by atoms with Crippen molar-refractivity contribution in [2.75, 3.05) is 18.8 Å². The third-order valence-corrected chi connectivity index (χ3v) is 3.81. The second-order valence-corrected chi connectivity index (χ2v) is 7.25. The molecule has 124 valence electrons. The van der Waals surface area contributed by atoms with Crippen LogP contribution in [0.25, 0.3) is 0 Å². The van der Waals surface area contributed by atoms with E-state index in [1.807, 2.05) is 0 Å². The average Bonchev–Trinajstić information content (AvgIpc) is 2.35. The molecule has 1 aromatic carbocycles. The van der Waals surface area contributed by atoms with Gasteiger partial charge >= 0.3 is 6.09 Å². The number of nitrogen functional groups attached to an aromatic ring is 1. The van der Waals surface area contributed by atoms with Crippen molar-refractivity contribution in [2.24, 2.45) is 0 Å². The molecule has 1 aromatic rings. The topological polar surface area (TPSA) is 111 Å². The summed E-state index contributed by atoms with van der Waals surface area (Å²) in [6.07, 6.45) is -0.665. The lowest BCUT2D eigenvalue weighted by Crippen LogP contribution is -2.38. The van der Waals surface area contributed by atoms with Crippen LogP contribution in [0.15, 0.2) is 23.1 Å². The van der Waals surface area contributed by atoms with Gasteiger partial charge in [0.1, 0.15) is 16.3 Å². The molecule has 0 saturated heterocycles. The Bertz CT molecular complexity index is 641. The van der Waals surface area contributed by atoms with Crippen LogP contribution >= 0.6 is 0 Å². The molecule has 0 heterocycles. The average molecular weight is 333 g/mol. The number of alkyl carbamates (subject to hydrolysis) is 1. The first-order valence-corrected chi connectivity index (χ1v) is 8.01. The Labute approximate surface area is 129 Å². The van der Waals surface area contributed by atoms with Crippen LogP contribution in [0.1, 0.15) is 20.8 Å². The summed E-state index contributed by atoms with van der Waals surface area (Å²) >= 11 is 0.